The zero-order valence-electron chi connectivity index (χ0n) is 15.8. The topological polar surface area (TPSA) is 73.4 Å². The van der Waals surface area contributed by atoms with Crippen molar-refractivity contribution in [1.82, 2.24) is 19.7 Å². The number of rotatable bonds is 1. The highest BCUT2D eigenvalue weighted by Crippen LogP contribution is 2.29. The van der Waals surface area contributed by atoms with Crippen molar-refractivity contribution in [2.24, 2.45) is 0 Å². The minimum absolute atomic E-state index is 0.299. The van der Waals surface area contributed by atoms with Crippen molar-refractivity contribution in [3.8, 4) is 11.6 Å². The zero-order chi connectivity index (χ0) is 18.4. The normalized spacial score (nSPS) is 17.1. The average Bonchev–Trinajstić information content (AvgIpc) is 3.00. The third kappa shape index (κ3) is 3.55. The van der Waals surface area contributed by atoms with Gasteiger partial charge in [-0.1, -0.05) is 0 Å². The van der Waals surface area contributed by atoms with E-state index in [2.05, 4.69) is 10.2 Å². The van der Waals surface area contributed by atoms with Crippen LogP contribution in [0.15, 0.2) is 16.5 Å². The van der Waals surface area contributed by atoms with Gasteiger partial charge in [-0.15, -0.1) is 10.2 Å². The van der Waals surface area contributed by atoms with Crippen LogP contribution in [0.25, 0.3) is 11.6 Å². The van der Waals surface area contributed by atoms with Crippen molar-refractivity contribution in [2.45, 2.75) is 65.6 Å². The van der Waals surface area contributed by atoms with Gasteiger partial charge in [0.15, 0.2) is 11.6 Å². The zero-order valence-corrected chi connectivity index (χ0v) is 15.8. The molecule has 0 saturated carbocycles. The molecule has 0 aliphatic carbocycles. The second-order valence-corrected chi connectivity index (χ2v) is 8.12. The number of fused-ring (bicyclic) bond motifs is 1. The summed E-state index contributed by atoms with van der Waals surface area (Å²) >= 11 is 0. The SMILES string of the molecule is Cc1ccc(-c2nnc3n2CCN(C(=O)OC(C)(C)C)C(C)(C)C3)o1. The highest BCUT2D eigenvalue weighted by Gasteiger charge is 2.38. The molecule has 3 rings (SSSR count). The average molecular weight is 346 g/mol. The van der Waals surface area contributed by atoms with Crippen LogP contribution in [0.1, 0.15) is 46.2 Å². The molecule has 1 amide bonds. The predicted octanol–water partition coefficient (Wildman–Crippen LogP) is 3.42. The fourth-order valence-corrected chi connectivity index (χ4v) is 3.08. The Labute approximate surface area is 148 Å². The lowest BCUT2D eigenvalue weighted by molar-refractivity contribution is 0.00409. The number of ether oxygens (including phenoxy) is 1. The molecule has 0 radical (unpaired) electrons. The molecule has 1 aliphatic rings. The van der Waals surface area contributed by atoms with E-state index in [-0.39, 0.29) is 6.09 Å². The molecule has 0 unspecified atom stereocenters. The minimum Gasteiger partial charge on any atom is -0.458 e. The number of aromatic nitrogens is 3. The maximum absolute atomic E-state index is 12.7. The van der Waals surface area contributed by atoms with Gasteiger partial charge in [0.2, 0.25) is 0 Å². The van der Waals surface area contributed by atoms with E-state index in [1.807, 2.05) is 58.2 Å². The van der Waals surface area contributed by atoms with Crippen LogP contribution >= 0.6 is 0 Å². The highest BCUT2D eigenvalue weighted by atomic mass is 16.6. The fraction of sp³-hybridized carbons (Fsp3) is 0.611. The molecule has 7 nitrogen and oxygen atoms in total. The van der Waals surface area contributed by atoms with E-state index in [0.717, 1.165) is 11.6 Å². The van der Waals surface area contributed by atoms with Gasteiger partial charge in [0.05, 0.1) is 0 Å². The van der Waals surface area contributed by atoms with Crippen molar-refractivity contribution < 1.29 is 13.9 Å². The molecule has 3 heterocycles. The first kappa shape index (κ1) is 17.5. The Morgan fingerprint density at radius 3 is 2.56 bits per heavy atom. The van der Waals surface area contributed by atoms with E-state index in [4.69, 9.17) is 9.15 Å². The molecule has 0 saturated heterocycles. The number of furan rings is 1. The van der Waals surface area contributed by atoms with Crippen molar-refractivity contribution in [3.05, 3.63) is 23.7 Å². The van der Waals surface area contributed by atoms with Crippen LogP contribution in [0, 0.1) is 6.92 Å². The van der Waals surface area contributed by atoms with E-state index in [1.54, 1.807) is 4.90 Å². The molecular weight excluding hydrogens is 320 g/mol. The van der Waals surface area contributed by atoms with Crippen LogP contribution in [-0.2, 0) is 17.7 Å². The summed E-state index contributed by atoms with van der Waals surface area (Å²) in [4.78, 5) is 14.4. The molecular formula is C18H26N4O3. The molecule has 0 fully saturated rings. The number of aryl methyl sites for hydroxylation is 1. The third-order valence-electron chi connectivity index (χ3n) is 4.27. The van der Waals surface area contributed by atoms with Crippen molar-refractivity contribution in [1.29, 1.82) is 0 Å². The molecule has 0 N–H and O–H groups in total. The van der Waals surface area contributed by atoms with Crippen LogP contribution in [0.2, 0.25) is 0 Å². The Bertz CT molecular complexity index is 783. The predicted molar refractivity (Wildman–Crippen MR) is 93.2 cm³/mol. The summed E-state index contributed by atoms with van der Waals surface area (Å²) in [5.41, 5.74) is -0.939. The van der Waals surface area contributed by atoms with Gasteiger partial charge in [0.25, 0.3) is 0 Å². The molecule has 7 heteroatoms. The van der Waals surface area contributed by atoms with Crippen LogP contribution in [-0.4, -0.2) is 43.4 Å². The van der Waals surface area contributed by atoms with Crippen molar-refractivity contribution >= 4 is 6.09 Å². The first-order valence-electron chi connectivity index (χ1n) is 8.56. The van der Waals surface area contributed by atoms with Crippen molar-refractivity contribution in [2.75, 3.05) is 6.54 Å². The Morgan fingerprint density at radius 2 is 1.96 bits per heavy atom. The summed E-state index contributed by atoms with van der Waals surface area (Å²) in [7, 11) is 0. The van der Waals surface area contributed by atoms with Gasteiger partial charge < -0.3 is 18.6 Å². The van der Waals surface area contributed by atoms with Gasteiger partial charge in [0.1, 0.15) is 17.2 Å². The van der Waals surface area contributed by atoms with E-state index >= 15 is 0 Å². The highest BCUT2D eigenvalue weighted by molar-refractivity contribution is 5.69. The standard InChI is InChI=1S/C18H26N4O3/c1-12-7-8-13(24-12)15-20-19-14-11-18(5,6)22(10-9-21(14)15)16(23)25-17(2,3)4/h7-8H,9-11H2,1-6H3. The van der Waals surface area contributed by atoms with Crippen LogP contribution in [0.3, 0.4) is 0 Å². The van der Waals surface area contributed by atoms with Gasteiger partial charge in [-0.2, -0.15) is 0 Å². The third-order valence-corrected chi connectivity index (χ3v) is 4.27. The van der Waals surface area contributed by atoms with Gasteiger partial charge in [-0.3, -0.25) is 0 Å². The molecule has 1 aliphatic heterocycles. The second-order valence-electron chi connectivity index (χ2n) is 8.12. The molecule has 0 spiro atoms. The maximum Gasteiger partial charge on any atom is 0.410 e. The quantitative estimate of drug-likeness (QED) is 0.791. The molecule has 0 atom stereocenters. The Morgan fingerprint density at radius 1 is 1.24 bits per heavy atom. The van der Waals surface area contributed by atoms with Gasteiger partial charge in [-0.25, -0.2) is 4.79 Å². The lowest BCUT2D eigenvalue weighted by Crippen LogP contribution is -2.50. The van der Waals surface area contributed by atoms with Gasteiger partial charge in [-0.05, 0) is 53.7 Å². The number of amides is 1. The van der Waals surface area contributed by atoms with Gasteiger partial charge in [0, 0.05) is 25.0 Å². The Kier molecular flexibility index (Phi) is 4.13. The van der Waals surface area contributed by atoms with Crippen LogP contribution in [0.4, 0.5) is 4.79 Å². The van der Waals surface area contributed by atoms with Crippen molar-refractivity contribution in [3.63, 3.8) is 0 Å². The molecule has 2 aromatic rings. The second kappa shape index (κ2) is 5.89. The summed E-state index contributed by atoms with van der Waals surface area (Å²) in [6, 6.07) is 3.80. The van der Waals surface area contributed by atoms with E-state index < -0.39 is 11.1 Å². The van der Waals surface area contributed by atoms with Crippen LogP contribution < -0.4 is 0 Å². The number of hydrogen-bond acceptors (Lipinski definition) is 5. The van der Waals surface area contributed by atoms with E-state index in [1.165, 1.54) is 0 Å². The lowest BCUT2D eigenvalue weighted by atomic mass is 9.98. The first-order valence-corrected chi connectivity index (χ1v) is 8.56. The summed E-state index contributed by atoms with van der Waals surface area (Å²) in [6.07, 6.45) is 0.297. The maximum atomic E-state index is 12.7. The molecule has 136 valence electrons. The monoisotopic (exact) mass is 346 g/mol. The lowest BCUT2D eigenvalue weighted by Gasteiger charge is -2.37. The number of nitrogens with zero attached hydrogens (tertiary/aromatic N) is 4. The van der Waals surface area contributed by atoms with E-state index in [0.29, 0.717) is 31.1 Å². The number of carbonyl (C=O) groups is 1. The largest absolute Gasteiger partial charge is 0.458 e. The summed E-state index contributed by atoms with van der Waals surface area (Å²) in [5.74, 6) is 3.07. The summed E-state index contributed by atoms with van der Waals surface area (Å²) < 4.78 is 13.3. The smallest absolute Gasteiger partial charge is 0.410 e. The Balaban J connectivity index is 1.89. The first-order chi connectivity index (χ1) is 11.6. The minimum atomic E-state index is -0.522. The molecule has 25 heavy (non-hydrogen) atoms. The molecule has 0 bridgehead atoms. The fourth-order valence-electron chi connectivity index (χ4n) is 3.08. The Hall–Kier alpha value is -2.31. The van der Waals surface area contributed by atoms with E-state index in [9.17, 15) is 4.79 Å². The number of hydrogen-bond donors (Lipinski definition) is 0. The summed E-state index contributed by atoms with van der Waals surface area (Å²) in [6.45, 7) is 12.7. The molecule has 2 aromatic heterocycles. The number of carbonyl (C=O) groups excluding carboxylic acids is 1. The van der Waals surface area contributed by atoms with Gasteiger partial charge >= 0.3 is 6.09 Å². The summed E-state index contributed by atoms with van der Waals surface area (Å²) in [5, 5.41) is 8.64. The molecule has 0 aromatic carbocycles. The van der Waals surface area contributed by atoms with Crippen LogP contribution in [0.5, 0.6) is 0 Å².